The van der Waals surface area contributed by atoms with Gasteiger partial charge in [0.15, 0.2) is 11.5 Å². The Kier molecular flexibility index (Phi) is 6.79. The molecule has 2 fully saturated rings. The van der Waals surface area contributed by atoms with Crippen molar-refractivity contribution in [3.05, 3.63) is 17.7 Å². The molecule has 2 heterocycles. The van der Waals surface area contributed by atoms with Crippen LogP contribution in [0.2, 0.25) is 0 Å². The molecule has 1 atom stereocenters. The van der Waals surface area contributed by atoms with Crippen molar-refractivity contribution in [2.45, 2.75) is 25.3 Å². The zero-order chi connectivity index (χ0) is 19.2. The molecule has 0 aliphatic carbocycles. The minimum Gasteiger partial charge on any atom is -0.493 e. The quantitative estimate of drug-likeness (QED) is 0.749. The Hall–Kier alpha value is -1.99. The van der Waals surface area contributed by atoms with E-state index < -0.39 is 0 Å². The number of methoxy groups -OCH3 is 3. The number of morpholine rings is 1. The van der Waals surface area contributed by atoms with Crippen molar-refractivity contribution < 1.29 is 23.7 Å². The summed E-state index contributed by atoms with van der Waals surface area (Å²) < 4.78 is 21.6. The van der Waals surface area contributed by atoms with E-state index in [4.69, 9.17) is 18.9 Å². The largest absolute Gasteiger partial charge is 0.493 e. The Bertz CT molecular complexity index is 620. The van der Waals surface area contributed by atoms with Gasteiger partial charge < -0.3 is 23.8 Å². The van der Waals surface area contributed by atoms with Gasteiger partial charge in [0, 0.05) is 32.2 Å². The minimum absolute atomic E-state index is 0.141. The minimum atomic E-state index is 0.141. The van der Waals surface area contributed by atoms with Gasteiger partial charge in [-0.2, -0.15) is 0 Å². The number of piperidine rings is 1. The highest BCUT2D eigenvalue weighted by Gasteiger charge is 2.29. The topological polar surface area (TPSA) is 60.5 Å². The van der Waals surface area contributed by atoms with Gasteiger partial charge in [0.25, 0.3) is 0 Å². The first-order valence-electron chi connectivity index (χ1n) is 9.54. The van der Waals surface area contributed by atoms with Gasteiger partial charge in [-0.25, -0.2) is 0 Å². The molecule has 7 nitrogen and oxygen atoms in total. The smallest absolute Gasteiger partial charge is 0.227 e. The molecule has 2 aliphatic rings. The van der Waals surface area contributed by atoms with Crippen molar-refractivity contribution in [3.8, 4) is 17.2 Å². The maximum atomic E-state index is 12.9. The molecule has 0 spiro atoms. The van der Waals surface area contributed by atoms with E-state index >= 15 is 0 Å². The molecule has 150 valence electrons. The van der Waals surface area contributed by atoms with Crippen LogP contribution in [0.4, 0.5) is 0 Å². The molecule has 1 unspecified atom stereocenters. The highest BCUT2D eigenvalue weighted by atomic mass is 16.5. The molecule has 1 aromatic carbocycles. The van der Waals surface area contributed by atoms with Crippen LogP contribution in [0.3, 0.4) is 0 Å². The molecule has 0 N–H and O–H groups in total. The Labute approximate surface area is 161 Å². The van der Waals surface area contributed by atoms with Crippen molar-refractivity contribution in [3.63, 3.8) is 0 Å². The monoisotopic (exact) mass is 378 g/mol. The third-order valence-corrected chi connectivity index (χ3v) is 5.39. The number of hydrogen-bond donors (Lipinski definition) is 0. The molecule has 0 saturated carbocycles. The van der Waals surface area contributed by atoms with Gasteiger partial charge in [-0.1, -0.05) is 0 Å². The van der Waals surface area contributed by atoms with Crippen LogP contribution in [0.5, 0.6) is 17.2 Å². The Morgan fingerprint density at radius 1 is 1.07 bits per heavy atom. The molecular weight excluding hydrogens is 348 g/mol. The fourth-order valence-corrected chi connectivity index (χ4v) is 3.95. The van der Waals surface area contributed by atoms with Crippen LogP contribution in [0.1, 0.15) is 18.4 Å². The van der Waals surface area contributed by atoms with E-state index in [9.17, 15) is 4.79 Å². The van der Waals surface area contributed by atoms with E-state index in [2.05, 4.69) is 4.90 Å². The number of benzene rings is 1. The predicted octanol–water partition coefficient (Wildman–Crippen LogP) is 1.58. The summed E-state index contributed by atoms with van der Waals surface area (Å²) in [7, 11) is 4.74. The molecule has 1 amide bonds. The van der Waals surface area contributed by atoms with Crippen LogP contribution in [-0.4, -0.2) is 82.5 Å². The SMILES string of the molecule is COc1cc(CC(=O)N2CCCC(N3CCOCC3)C2)cc(OC)c1OC. The second-order valence-electron chi connectivity index (χ2n) is 6.99. The summed E-state index contributed by atoms with van der Waals surface area (Å²) in [4.78, 5) is 17.4. The van der Waals surface area contributed by atoms with E-state index in [1.54, 1.807) is 21.3 Å². The van der Waals surface area contributed by atoms with Crippen molar-refractivity contribution in [2.24, 2.45) is 0 Å². The molecule has 2 aliphatic heterocycles. The molecule has 7 heteroatoms. The summed E-state index contributed by atoms with van der Waals surface area (Å²) in [5, 5.41) is 0. The maximum absolute atomic E-state index is 12.9. The zero-order valence-corrected chi connectivity index (χ0v) is 16.5. The number of ether oxygens (including phenoxy) is 4. The highest BCUT2D eigenvalue weighted by Crippen LogP contribution is 2.38. The second kappa shape index (κ2) is 9.28. The van der Waals surface area contributed by atoms with E-state index in [1.807, 2.05) is 17.0 Å². The third kappa shape index (κ3) is 4.65. The van der Waals surface area contributed by atoms with Crippen molar-refractivity contribution >= 4 is 5.91 Å². The van der Waals surface area contributed by atoms with Crippen molar-refractivity contribution in [1.29, 1.82) is 0 Å². The average molecular weight is 378 g/mol. The van der Waals surface area contributed by atoms with Crippen molar-refractivity contribution in [1.82, 2.24) is 9.80 Å². The number of carbonyl (C=O) groups is 1. The first kappa shape index (κ1) is 19.8. The molecular formula is C20H30N2O5. The van der Waals surface area contributed by atoms with Crippen molar-refractivity contribution in [2.75, 3.05) is 60.7 Å². The first-order chi connectivity index (χ1) is 13.2. The molecule has 0 aromatic heterocycles. The van der Waals surface area contributed by atoms with Crippen LogP contribution in [-0.2, 0) is 16.0 Å². The molecule has 0 bridgehead atoms. The van der Waals surface area contributed by atoms with E-state index in [-0.39, 0.29) is 5.91 Å². The van der Waals surface area contributed by atoms with Crippen LogP contribution in [0.25, 0.3) is 0 Å². The molecule has 0 radical (unpaired) electrons. The first-order valence-corrected chi connectivity index (χ1v) is 9.54. The molecule has 2 saturated heterocycles. The molecule has 1 aromatic rings. The lowest BCUT2D eigenvalue weighted by atomic mass is 10.0. The zero-order valence-electron chi connectivity index (χ0n) is 16.5. The van der Waals surface area contributed by atoms with Gasteiger partial charge in [-0.05, 0) is 30.5 Å². The van der Waals surface area contributed by atoms with Crippen LogP contribution in [0.15, 0.2) is 12.1 Å². The lowest BCUT2D eigenvalue weighted by Crippen LogP contribution is -2.53. The van der Waals surface area contributed by atoms with Crippen LogP contribution in [0, 0.1) is 0 Å². The maximum Gasteiger partial charge on any atom is 0.227 e. The van der Waals surface area contributed by atoms with Gasteiger partial charge in [-0.3, -0.25) is 9.69 Å². The summed E-state index contributed by atoms with van der Waals surface area (Å²) in [5.74, 6) is 1.83. The number of hydrogen-bond acceptors (Lipinski definition) is 6. The third-order valence-electron chi connectivity index (χ3n) is 5.39. The summed E-state index contributed by atoms with van der Waals surface area (Å²) in [6.45, 7) is 5.11. The van der Waals surface area contributed by atoms with E-state index in [0.29, 0.717) is 29.7 Å². The number of nitrogens with zero attached hydrogens (tertiary/aromatic N) is 2. The fourth-order valence-electron chi connectivity index (χ4n) is 3.95. The van der Waals surface area contributed by atoms with E-state index in [0.717, 1.165) is 57.8 Å². The summed E-state index contributed by atoms with van der Waals surface area (Å²) >= 11 is 0. The van der Waals surface area contributed by atoms with Gasteiger partial charge in [0.2, 0.25) is 11.7 Å². The summed E-state index contributed by atoms with van der Waals surface area (Å²) in [5.41, 5.74) is 0.864. The standard InChI is InChI=1S/C20H30N2O5/c1-24-17-11-15(12-18(25-2)20(17)26-3)13-19(23)22-6-4-5-16(14-22)21-7-9-27-10-8-21/h11-12,16H,4-10,13-14H2,1-3H3. The predicted molar refractivity (Wildman–Crippen MR) is 102 cm³/mol. The number of rotatable bonds is 6. The van der Waals surface area contributed by atoms with E-state index in [1.165, 1.54) is 0 Å². The Morgan fingerprint density at radius 2 is 1.74 bits per heavy atom. The Morgan fingerprint density at radius 3 is 2.33 bits per heavy atom. The molecule has 3 rings (SSSR count). The lowest BCUT2D eigenvalue weighted by Gasteiger charge is -2.41. The van der Waals surface area contributed by atoms with Crippen LogP contribution >= 0.6 is 0 Å². The van der Waals surface area contributed by atoms with Gasteiger partial charge in [0.05, 0.1) is 41.0 Å². The second-order valence-corrected chi connectivity index (χ2v) is 6.99. The number of carbonyl (C=O) groups excluding carboxylic acids is 1. The number of likely N-dealkylation sites (tertiary alicyclic amines) is 1. The molecule has 27 heavy (non-hydrogen) atoms. The van der Waals surface area contributed by atoms with Gasteiger partial charge in [-0.15, -0.1) is 0 Å². The highest BCUT2D eigenvalue weighted by molar-refractivity contribution is 5.79. The number of amides is 1. The summed E-state index contributed by atoms with van der Waals surface area (Å²) in [6.07, 6.45) is 2.52. The lowest BCUT2D eigenvalue weighted by molar-refractivity contribution is -0.133. The Balaban J connectivity index is 1.67. The summed E-state index contributed by atoms with van der Waals surface area (Å²) in [6, 6.07) is 4.14. The fraction of sp³-hybridized carbons (Fsp3) is 0.650. The van der Waals surface area contributed by atoms with Gasteiger partial charge in [0.1, 0.15) is 0 Å². The van der Waals surface area contributed by atoms with Crippen LogP contribution < -0.4 is 14.2 Å². The van der Waals surface area contributed by atoms with Gasteiger partial charge >= 0.3 is 0 Å². The average Bonchev–Trinajstić information content (AvgIpc) is 2.73. The normalized spacial score (nSPS) is 21.0.